The zero-order valence-corrected chi connectivity index (χ0v) is 8.13. The van der Waals surface area contributed by atoms with E-state index in [0.717, 1.165) is 5.56 Å². The van der Waals surface area contributed by atoms with Crippen LogP contribution in [0.2, 0.25) is 5.02 Å². The van der Waals surface area contributed by atoms with Crippen molar-refractivity contribution in [3.63, 3.8) is 0 Å². The van der Waals surface area contributed by atoms with Gasteiger partial charge >= 0.3 is 0 Å². The molecule has 2 rings (SSSR count). The third-order valence-corrected chi connectivity index (χ3v) is 2.27. The summed E-state index contributed by atoms with van der Waals surface area (Å²) in [5.74, 6) is 0.464. The van der Waals surface area contributed by atoms with Crippen LogP contribution in [0.1, 0.15) is 5.69 Å². The van der Waals surface area contributed by atoms with Crippen molar-refractivity contribution in [2.24, 2.45) is 0 Å². The molecule has 0 aliphatic carbocycles. The molecular formula is C9H7ClN2O2. The fourth-order valence-corrected chi connectivity index (χ4v) is 1.20. The van der Waals surface area contributed by atoms with E-state index in [1.54, 1.807) is 13.0 Å². The predicted octanol–water partition coefficient (Wildman–Crippen LogP) is 1.99. The van der Waals surface area contributed by atoms with E-state index in [2.05, 4.69) is 9.97 Å². The van der Waals surface area contributed by atoms with Crippen LogP contribution < -0.4 is 5.56 Å². The minimum atomic E-state index is -0.338. The van der Waals surface area contributed by atoms with E-state index in [9.17, 15) is 4.79 Å². The molecule has 0 unspecified atom stereocenters. The van der Waals surface area contributed by atoms with Crippen molar-refractivity contribution < 1.29 is 4.42 Å². The Morgan fingerprint density at radius 3 is 2.93 bits per heavy atom. The number of furan rings is 1. The standard InChI is InChI=1S/C9H7ClN2O2/c1-5-7(10)9(13)12-8(11-5)6-2-3-14-4-6/h2-4H,1H3,(H,11,12,13). The molecule has 0 aliphatic heterocycles. The van der Waals surface area contributed by atoms with Crippen LogP contribution in [0.3, 0.4) is 0 Å². The molecule has 0 spiro atoms. The summed E-state index contributed by atoms with van der Waals surface area (Å²) in [5.41, 5.74) is 0.892. The van der Waals surface area contributed by atoms with Crippen LogP contribution in [0.15, 0.2) is 27.8 Å². The van der Waals surface area contributed by atoms with E-state index in [0.29, 0.717) is 11.5 Å². The second kappa shape index (κ2) is 3.31. The summed E-state index contributed by atoms with van der Waals surface area (Å²) in [6.45, 7) is 1.68. The summed E-state index contributed by atoms with van der Waals surface area (Å²) < 4.78 is 4.88. The summed E-state index contributed by atoms with van der Waals surface area (Å²) in [4.78, 5) is 18.0. The Morgan fingerprint density at radius 2 is 2.36 bits per heavy atom. The Balaban J connectivity index is 2.63. The number of aryl methyl sites for hydroxylation is 1. The summed E-state index contributed by atoms with van der Waals surface area (Å²) in [6.07, 6.45) is 3.02. The van der Waals surface area contributed by atoms with E-state index in [1.165, 1.54) is 12.5 Å². The molecule has 0 aliphatic rings. The van der Waals surface area contributed by atoms with Crippen LogP contribution in [0.5, 0.6) is 0 Å². The molecule has 5 heteroatoms. The second-order valence-electron chi connectivity index (χ2n) is 2.83. The molecule has 0 aromatic carbocycles. The first-order valence-electron chi connectivity index (χ1n) is 3.97. The zero-order valence-electron chi connectivity index (χ0n) is 7.37. The fourth-order valence-electron chi connectivity index (χ4n) is 1.11. The third-order valence-electron chi connectivity index (χ3n) is 1.82. The van der Waals surface area contributed by atoms with E-state index in [1.807, 2.05) is 0 Å². The van der Waals surface area contributed by atoms with Gasteiger partial charge in [0.25, 0.3) is 5.56 Å². The minimum absolute atomic E-state index is 0.122. The van der Waals surface area contributed by atoms with E-state index in [4.69, 9.17) is 16.0 Å². The Kier molecular flexibility index (Phi) is 2.13. The molecule has 2 heterocycles. The third kappa shape index (κ3) is 1.44. The number of hydrogen-bond donors (Lipinski definition) is 1. The van der Waals surface area contributed by atoms with Crippen LogP contribution in [0.4, 0.5) is 0 Å². The Morgan fingerprint density at radius 1 is 1.57 bits per heavy atom. The van der Waals surface area contributed by atoms with Crippen molar-refractivity contribution >= 4 is 11.6 Å². The average molecular weight is 211 g/mol. The van der Waals surface area contributed by atoms with Crippen molar-refractivity contribution in [2.45, 2.75) is 6.92 Å². The normalized spacial score (nSPS) is 10.4. The van der Waals surface area contributed by atoms with Crippen LogP contribution in [-0.2, 0) is 0 Å². The SMILES string of the molecule is Cc1nc(-c2ccoc2)[nH]c(=O)c1Cl. The number of hydrogen-bond acceptors (Lipinski definition) is 3. The van der Waals surface area contributed by atoms with Gasteiger partial charge in [0.05, 0.1) is 17.5 Å². The van der Waals surface area contributed by atoms with Crippen molar-refractivity contribution in [1.82, 2.24) is 9.97 Å². The molecule has 2 aromatic heterocycles. The molecule has 14 heavy (non-hydrogen) atoms. The monoisotopic (exact) mass is 210 g/mol. The van der Waals surface area contributed by atoms with Crippen LogP contribution in [-0.4, -0.2) is 9.97 Å². The minimum Gasteiger partial charge on any atom is -0.472 e. The van der Waals surface area contributed by atoms with Gasteiger partial charge in [-0.3, -0.25) is 4.79 Å². The zero-order chi connectivity index (χ0) is 10.1. The molecule has 0 radical (unpaired) electrons. The van der Waals surface area contributed by atoms with Crippen molar-refractivity contribution in [2.75, 3.05) is 0 Å². The van der Waals surface area contributed by atoms with Gasteiger partial charge in [-0.2, -0.15) is 0 Å². The van der Waals surface area contributed by atoms with E-state index < -0.39 is 0 Å². The number of nitrogens with one attached hydrogen (secondary N) is 1. The number of aromatic amines is 1. The topological polar surface area (TPSA) is 58.9 Å². The van der Waals surface area contributed by atoms with Crippen molar-refractivity contribution in [3.05, 3.63) is 39.7 Å². The van der Waals surface area contributed by atoms with Gasteiger partial charge < -0.3 is 9.40 Å². The van der Waals surface area contributed by atoms with Gasteiger partial charge in [0.1, 0.15) is 17.1 Å². The van der Waals surface area contributed by atoms with Crippen LogP contribution in [0.25, 0.3) is 11.4 Å². The molecule has 72 valence electrons. The summed E-state index contributed by atoms with van der Waals surface area (Å²) in [6, 6.07) is 1.71. The van der Waals surface area contributed by atoms with Gasteiger partial charge in [0, 0.05) is 0 Å². The lowest BCUT2D eigenvalue weighted by atomic mass is 10.3. The first-order chi connectivity index (χ1) is 6.68. The highest BCUT2D eigenvalue weighted by Gasteiger charge is 2.07. The summed E-state index contributed by atoms with van der Waals surface area (Å²) in [5, 5.41) is 0.122. The number of rotatable bonds is 1. The van der Waals surface area contributed by atoms with Gasteiger partial charge in [0.15, 0.2) is 0 Å². The highest BCUT2D eigenvalue weighted by molar-refractivity contribution is 6.30. The van der Waals surface area contributed by atoms with E-state index >= 15 is 0 Å². The molecule has 4 nitrogen and oxygen atoms in total. The number of nitrogens with zero attached hydrogens (tertiary/aromatic N) is 1. The summed E-state index contributed by atoms with van der Waals surface area (Å²) >= 11 is 5.68. The van der Waals surface area contributed by atoms with E-state index in [-0.39, 0.29) is 10.6 Å². The van der Waals surface area contributed by atoms with Crippen molar-refractivity contribution in [3.8, 4) is 11.4 Å². The van der Waals surface area contributed by atoms with Gasteiger partial charge in [-0.25, -0.2) is 4.98 Å². The second-order valence-corrected chi connectivity index (χ2v) is 3.20. The molecule has 0 saturated carbocycles. The number of H-pyrrole nitrogens is 1. The molecule has 2 aromatic rings. The van der Waals surface area contributed by atoms with Gasteiger partial charge in [-0.05, 0) is 13.0 Å². The Labute approximate surface area is 84.6 Å². The number of aromatic nitrogens is 2. The number of halogens is 1. The lowest BCUT2D eigenvalue weighted by molar-refractivity contribution is 0.568. The first-order valence-corrected chi connectivity index (χ1v) is 4.35. The molecular weight excluding hydrogens is 204 g/mol. The largest absolute Gasteiger partial charge is 0.472 e. The Bertz CT molecular complexity index is 502. The quantitative estimate of drug-likeness (QED) is 0.783. The summed E-state index contributed by atoms with van der Waals surface area (Å²) in [7, 11) is 0. The average Bonchev–Trinajstić information content (AvgIpc) is 2.66. The first kappa shape index (κ1) is 9.02. The lowest BCUT2D eigenvalue weighted by Gasteiger charge is -1.99. The molecule has 0 fully saturated rings. The van der Waals surface area contributed by atoms with Gasteiger partial charge in [-0.1, -0.05) is 11.6 Å². The maximum atomic E-state index is 11.3. The molecule has 0 amide bonds. The molecule has 1 N–H and O–H groups in total. The van der Waals surface area contributed by atoms with Crippen molar-refractivity contribution in [1.29, 1.82) is 0 Å². The lowest BCUT2D eigenvalue weighted by Crippen LogP contribution is -2.11. The smallest absolute Gasteiger partial charge is 0.270 e. The fraction of sp³-hybridized carbons (Fsp3) is 0.111. The van der Waals surface area contributed by atoms with Crippen LogP contribution in [0, 0.1) is 6.92 Å². The van der Waals surface area contributed by atoms with Gasteiger partial charge in [-0.15, -0.1) is 0 Å². The highest BCUT2D eigenvalue weighted by Crippen LogP contribution is 2.15. The molecule has 0 bridgehead atoms. The Hall–Kier alpha value is -1.55. The maximum Gasteiger partial charge on any atom is 0.270 e. The maximum absolute atomic E-state index is 11.3. The predicted molar refractivity (Wildman–Crippen MR) is 52.3 cm³/mol. The molecule has 0 atom stereocenters. The highest BCUT2D eigenvalue weighted by atomic mass is 35.5. The van der Waals surface area contributed by atoms with Gasteiger partial charge in [0.2, 0.25) is 0 Å². The molecule has 0 saturated heterocycles. The van der Waals surface area contributed by atoms with Crippen LogP contribution >= 0.6 is 11.6 Å².